The number of rotatable bonds is 7. The van der Waals surface area contributed by atoms with E-state index in [1.807, 2.05) is 11.4 Å². The van der Waals surface area contributed by atoms with Crippen LogP contribution in [0.4, 0.5) is 0 Å². The first-order valence-corrected chi connectivity index (χ1v) is 10.6. The topological polar surface area (TPSA) is 84.0 Å². The van der Waals surface area contributed by atoms with Crippen LogP contribution >= 0.6 is 22.7 Å². The average Bonchev–Trinajstić information content (AvgIpc) is 3.44. The predicted octanol–water partition coefficient (Wildman–Crippen LogP) is 2.30. The summed E-state index contributed by atoms with van der Waals surface area (Å²) in [5.74, 6) is -0.986. The number of ketones is 1. The Morgan fingerprint density at radius 1 is 0.857 bits per heavy atom. The van der Waals surface area contributed by atoms with E-state index < -0.39 is 5.97 Å². The van der Waals surface area contributed by atoms with Crippen molar-refractivity contribution in [3.63, 3.8) is 0 Å². The van der Waals surface area contributed by atoms with Crippen LogP contribution in [0.3, 0.4) is 0 Å². The molecule has 3 heterocycles. The van der Waals surface area contributed by atoms with Crippen LogP contribution in [-0.4, -0.2) is 66.2 Å². The van der Waals surface area contributed by atoms with E-state index in [1.165, 1.54) is 22.7 Å². The second-order valence-corrected chi connectivity index (χ2v) is 8.11. The lowest BCUT2D eigenvalue weighted by Crippen LogP contribution is -2.51. The zero-order valence-corrected chi connectivity index (χ0v) is 16.8. The lowest BCUT2D eigenvalue weighted by Gasteiger charge is -2.34. The van der Waals surface area contributed by atoms with Gasteiger partial charge in [-0.2, -0.15) is 0 Å². The van der Waals surface area contributed by atoms with Gasteiger partial charge < -0.3 is 14.5 Å². The molecular formula is C19H20N2O5S2. The highest BCUT2D eigenvalue weighted by Crippen LogP contribution is 2.14. The Balaban J connectivity index is 1.35. The molecule has 1 aliphatic heterocycles. The summed E-state index contributed by atoms with van der Waals surface area (Å²) in [6, 6.07) is 7.11. The lowest BCUT2D eigenvalue weighted by molar-refractivity contribution is -0.152. The van der Waals surface area contributed by atoms with Crippen molar-refractivity contribution in [3.8, 4) is 0 Å². The number of carbonyl (C=O) groups is 4. The number of esters is 1. The van der Waals surface area contributed by atoms with E-state index in [4.69, 9.17) is 4.74 Å². The third kappa shape index (κ3) is 5.26. The highest BCUT2D eigenvalue weighted by molar-refractivity contribution is 7.12. The van der Waals surface area contributed by atoms with E-state index in [9.17, 15) is 19.2 Å². The molecular weight excluding hydrogens is 400 g/mol. The van der Waals surface area contributed by atoms with Gasteiger partial charge in [0.05, 0.1) is 16.2 Å². The molecule has 0 bridgehead atoms. The minimum absolute atomic E-state index is 0.0241. The largest absolute Gasteiger partial charge is 0.456 e. The van der Waals surface area contributed by atoms with Gasteiger partial charge in [0.15, 0.2) is 12.4 Å². The van der Waals surface area contributed by atoms with Crippen molar-refractivity contribution < 1.29 is 23.9 Å². The summed E-state index contributed by atoms with van der Waals surface area (Å²) in [4.78, 5) is 52.8. The number of ether oxygens (including phenoxy) is 1. The minimum atomic E-state index is -0.565. The van der Waals surface area contributed by atoms with Crippen LogP contribution in [-0.2, 0) is 14.3 Å². The standard InChI is InChI=1S/C19H20N2O5S2/c22-14(15-3-1-11-27-15)5-6-18(24)26-13-17(23)20-7-9-21(10-8-20)19(25)16-4-2-12-28-16/h1-4,11-12H,5-10,13H2. The van der Waals surface area contributed by atoms with Crippen molar-refractivity contribution in [1.29, 1.82) is 0 Å². The number of thiophene rings is 2. The SMILES string of the molecule is O=C(CCC(=O)c1cccs1)OCC(=O)N1CCN(C(=O)c2cccs2)CC1. The van der Waals surface area contributed by atoms with Gasteiger partial charge in [-0.15, -0.1) is 22.7 Å². The quantitative estimate of drug-likeness (QED) is 0.507. The van der Waals surface area contributed by atoms with Gasteiger partial charge in [0.2, 0.25) is 0 Å². The third-order valence-electron chi connectivity index (χ3n) is 4.36. The van der Waals surface area contributed by atoms with Gasteiger partial charge in [-0.05, 0) is 22.9 Å². The molecule has 7 nitrogen and oxygen atoms in total. The molecule has 148 valence electrons. The van der Waals surface area contributed by atoms with E-state index in [0.717, 1.165) is 0 Å². The van der Waals surface area contributed by atoms with Crippen LogP contribution in [0, 0.1) is 0 Å². The summed E-state index contributed by atoms with van der Waals surface area (Å²) in [6.45, 7) is 1.37. The fourth-order valence-electron chi connectivity index (χ4n) is 2.80. The van der Waals surface area contributed by atoms with E-state index in [2.05, 4.69) is 0 Å². The maximum absolute atomic E-state index is 12.3. The maximum atomic E-state index is 12.3. The third-order valence-corrected chi connectivity index (χ3v) is 6.13. The van der Waals surface area contributed by atoms with Crippen LogP contribution in [0.2, 0.25) is 0 Å². The van der Waals surface area contributed by atoms with Crippen molar-refractivity contribution in [3.05, 3.63) is 44.8 Å². The number of Topliss-reactive ketones (excluding diaryl/α,β-unsaturated/α-hetero) is 1. The number of piperazine rings is 1. The van der Waals surface area contributed by atoms with Gasteiger partial charge in [-0.1, -0.05) is 12.1 Å². The Morgan fingerprint density at radius 3 is 2.07 bits per heavy atom. The van der Waals surface area contributed by atoms with Crippen LogP contribution in [0.15, 0.2) is 35.0 Å². The number of hydrogen-bond acceptors (Lipinski definition) is 7. The molecule has 2 aromatic rings. The zero-order valence-electron chi connectivity index (χ0n) is 15.2. The normalized spacial score (nSPS) is 14.0. The van der Waals surface area contributed by atoms with Crippen LogP contribution in [0.1, 0.15) is 32.2 Å². The van der Waals surface area contributed by atoms with Gasteiger partial charge in [0, 0.05) is 32.6 Å². The first-order valence-electron chi connectivity index (χ1n) is 8.87. The highest BCUT2D eigenvalue weighted by Gasteiger charge is 2.25. The number of nitrogens with zero attached hydrogens (tertiary/aromatic N) is 2. The predicted molar refractivity (Wildman–Crippen MR) is 106 cm³/mol. The monoisotopic (exact) mass is 420 g/mol. The van der Waals surface area contributed by atoms with Crippen LogP contribution in [0.5, 0.6) is 0 Å². The van der Waals surface area contributed by atoms with Crippen LogP contribution in [0.25, 0.3) is 0 Å². The Kier molecular flexibility index (Phi) is 6.94. The minimum Gasteiger partial charge on any atom is -0.456 e. The Morgan fingerprint density at radius 2 is 1.46 bits per heavy atom. The molecule has 9 heteroatoms. The van der Waals surface area contributed by atoms with E-state index in [1.54, 1.807) is 33.4 Å². The van der Waals surface area contributed by atoms with Gasteiger partial charge in [-0.3, -0.25) is 19.2 Å². The van der Waals surface area contributed by atoms with Crippen molar-refractivity contribution in [2.75, 3.05) is 32.8 Å². The summed E-state index contributed by atoms with van der Waals surface area (Å²) >= 11 is 2.73. The summed E-state index contributed by atoms with van der Waals surface area (Å²) in [5.41, 5.74) is 0. The Labute approximate surface area is 170 Å². The van der Waals surface area contributed by atoms with Crippen LogP contribution < -0.4 is 0 Å². The van der Waals surface area contributed by atoms with Crippen molar-refractivity contribution in [1.82, 2.24) is 9.80 Å². The number of amides is 2. The summed E-state index contributed by atoms with van der Waals surface area (Å²) < 4.78 is 5.00. The molecule has 28 heavy (non-hydrogen) atoms. The fraction of sp³-hybridized carbons (Fsp3) is 0.368. The molecule has 0 aliphatic carbocycles. The second kappa shape index (κ2) is 9.61. The second-order valence-electron chi connectivity index (χ2n) is 6.21. The number of hydrogen-bond donors (Lipinski definition) is 0. The molecule has 0 radical (unpaired) electrons. The van der Waals surface area contributed by atoms with Crippen molar-refractivity contribution in [2.24, 2.45) is 0 Å². The molecule has 2 aromatic heterocycles. The highest BCUT2D eigenvalue weighted by atomic mass is 32.1. The molecule has 0 unspecified atom stereocenters. The lowest BCUT2D eigenvalue weighted by atomic mass is 10.2. The molecule has 1 saturated heterocycles. The first kappa shape index (κ1) is 20.2. The van der Waals surface area contributed by atoms with E-state index in [0.29, 0.717) is 35.9 Å². The zero-order chi connectivity index (χ0) is 19.9. The van der Waals surface area contributed by atoms with Gasteiger partial charge in [-0.25, -0.2) is 0 Å². The van der Waals surface area contributed by atoms with Crippen molar-refractivity contribution in [2.45, 2.75) is 12.8 Å². The van der Waals surface area contributed by atoms with Gasteiger partial charge in [0.25, 0.3) is 11.8 Å². The smallest absolute Gasteiger partial charge is 0.306 e. The fourth-order valence-corrected chi connectivity index (χ4v) is 4.18. The average molecular weight is 421 g/mol. The Hall–Kier alpha value is -2.52. The molecule has 0 spiro atoms. The molecule has 0 N–H and O–H groups in total. The molecule has 0 atom stereocenters. The van der Waals surface area contributed by atoms with E-state index >= 15 is 0 Å². The summed E-state index contributed by atoms with van der Waals surface area (Å²) in [7, 11) is 0. The summed E-state index contributed by atoms with van der Waals surface area (Å²) in [6.07, 6.45) is 0.0180. The van der Waals surface area contributed by atoms with E-state index in [-0.39, 0.29) is 37.0 Å². The number of carbonyl (C=O) groups excluding carboxylic acids is 4. The summed E-state index contributed by atoms with van der Waals surface area (Å²) in [5, 5.41) is 3.66. The van der Waals surface area contributed by atoms with Gasteiger partial charge >= 0.3 is 5.97 Å². The molecule has 2 amide bonds. The van der Waals surface area contributed by atoms with Crippen molar-refractivity contribution >= 4 is 46.2 Å². The Bertz CT molecular complexity index is 825. The van der Waals surface area contributed by atoms with Gasteiger partial charge in [0.1, 0.15) is 0 Å². The molecule has 0 saturated carbocycles. The molecule has 0 aromatic carbocycles. The maximum Gasteiger partial charge on any atom is 0.306 e. The first-order chi connectivity index (χ1) is 13.5. The molecule has 1 fully saturated rings. The molecule has 3 rings (SSSR count). The molecule has 1 aliphatic rings.